The van der Waals surface area contributed by atoms with Crippen molar-refractivity contribution < 1.29 is 41.9 Å². The molecule has 5 amide bonds. The van der Waals surface area contributed by atoms with Gasteiger partial charge in [0.2, 0.25) is 0 Å². The molecule has 0 unspecified atom stereocenters. The third kappa shape index (κ3) is 7.66. The van der Waals surface area contributed by atoms with E-state index in [1.165, 1.54) is 21.9 Å². The summed E-state index contributed by atoms with van der Waals surface area (Å²) in [5.74, 6) is -0.305. The molecule has 0 saturated heterocycles. The van der Waals surface area contributed by atoms with Gasteiger partial charge in [-0.05, 0) is 57.2 Å². The van der Waals surface area contributed by atoms with Gasteiger partial charge in [-0.15, -0.1) is 0 Å². The van der Waals surface area contributed by atoms with Crippen LogP contribution < -0.4 is 20.7 Å². The largest absolute Gasteiger partial charge is 0.485 e. The van der Waals surface area contributed by atoms with Gasteiger partial charge in [0.15, 0.2) is 11.5 Å². The molecule has 1 aliphatic rings. The predicted octanol–water partition coefficient (Wildman–Crippen LogP) is 5.34. The number of aliphatic hydroxyl groups is 1. The lowest BCUT2D eigenvalue weighted by Gasteiger charge is -2.38. The quantitative estimate of drug-likeness (QED) is 0.275. The Kier molecular flexibility index (Phi) is 9.91. The van der Waals surface area contributed by atoms with Crippen LogP contribution in [0.1, 0.15) is 41.2 Å². The first-order valence-corrected chi connectivity index (χ1v) is 14.1. The number of hydrogen-bond donors (Lipinski definition) is 4. The van der Waals surface area contributed by atoms with Gasteiger partial charge < -0.3 is 40.1 Å². The SMILES string of the molecule is Cc1noc(C)c1NC(=O)N(C)C[C@H]1Oc2c(NC(=O)Nc3ccc(C(F)(F)F)cc3)cccc2C(=O)N([C@H](C)CO)C[C@@H]1C. The molecule has 0 fully saturated rings. The normalized spacial score (nSPS) is 17.4. The number of fused-ring (bicyclic) bond motifs is 1. The zero-order valence-electron chi connectivity index (χ0n) is 25.4. The van der Waals surface area contributed by atoms with E-state index in [0.29, 0.717) is 17.1 Å². The van der Waals surface area contributed by atoms with Crippen LogP contribution in [0.4, 0.5) is 39.8 Å². The lowest BCUT2D eigenvalue weighted by molar-refractivity contribution is -0.137. The van der Waals surface area contributed by atoms with Crippen LogP contribution in [-0.2, 0) is 6.18 Å². The molecule has 0 spiro atoms. The van der Waals surface area contributed by atoms with Crippen LogP contribution in [0.3, 0.4) is 0 Å². The molecule has 3 atom stereocenters. The Morgan fingerprint density at radius 2 is 1.82 bits per heavy atom. The van der Waals surface area contributed by atoms with Gasteiger partial charge in [-0.2, -0.15) is 13.2 Å². The highest BCUT2D eigenvalue weighted by atomic mass is 19.4. The summed E-state index contributed by atoms with van der Waals surface area (Å²) in [6.07, 6.45) is -5.21. The molecule has 0 saturated carbocycles. The first-order chi connectivity index (χ1) is 21.2. The van der Waals surface area contributed by atoms with Crippen LogP contribution in [-0.4, -0.2) is 76.9 Å². The summed E-state index contributed by atoms with van der Waals surface area (Å²) in [4.78, 5) is 42.6. The molecule has 2 heterocycles. The fraction of sp³-hybridized carbons (Fsp3) is 0.400. The molecule has 12 nitrogen and oxygen atoms in total. The number of ether oxygens (including phenoxy) is 1. The van der Waals surface area contributed by atoms with Crippen molar-refractivity contribution in [1.82, 2.24) is 15.0 Å². The van der Waals surface area contributed by atoms with E-state index in [1.807, 2.05) is 6.92 Å². The number of likely N-dealkylation sites (N-methyl/N-ethyl adjacent to an activating group) is 1. The Bertz CT molecular complexity index is 1520. The molecule has 4 rings (SSSR count). The molecule has 242 valence electrons. The standard InChI is InChI=1S/C30H35F3N6O6/c1-16-13-39(17(2)15-40)27(41)22-7-6-8-23(35-28(42)34-21-11-9-20(10-12-21)30(31,32)33)26(22)44-24(16)14-38(5)29(43)36-25-18(3)37-45-19(25)4/h6-12,16-17,24,40H,13-15H2,1-5H3,(H,36,43)(H2,34,35,42)/t16-,17+,24+/m0/s1. The van der Waals surface area contributed by atoms with Crippen molar-refractivity contribution in [2.45, 2.75) is 46.0 Å². The van der Waals surface area contributed by atoms with E-state index in [0.717, 1.165) is 24.3 Å². The summed E-state index contributed by atoms with van der Waals surface area (Å²) in [7, 11) is 1.57. The lowest BCUT2D eigenvalue weighted by Crippen LogP contribution is -2.50. The number of amides is 5. The first kappa shape index (κ1) is 33.1. The summed E-state index contributed by atoms with van der Waals surface area (Å²) in [6, 6.07) is 6.70. The molecule has 2 aromatic carbocycles. The minimum absolute atomic E-state index is 0.0382. The third-order valence-corrected chi connectivity index (χ3v) is 7.48. The molecule has 0 aliphatic carbocycles. The Hall–Kier alpha value is -4.79. The number of aromatic nitrogens is 1. The van der Waals surface area contributed by atoms with Gasteiger partial charge in [0, 0.05) is 25.2 Å². The van der Waals surface area contributed by atoms with E-state index in [-0.39, 0.29) is 48.3 Å². The van der Waals surface area contributed by atoms with E-state index in [9.17, 15) is 32.7 Å². The second-order valence-corrected chi connectivity index (χ2v) is 11.0. The lowest BCUT2D eigenvalue weighted by atomic mass is 9.99. The zero-order chi connectivity index (χ0) is 33.1. The molecule has 0 bridgehead atoms. The number of para-hydroxylation sites is 1. The van der Waals surface area contributed by atoms with Gasteiger partial charge >= 0.3 is 18.2 Å². The van der Waals surface area contributed by atoms with Crippen molar-refractivity contribution in [3.05, 3.63) is 65.0 Å². The number of nitrogens with one attached hydrogen (secondary N) is 3. The molecule has 15 heteroatoms. The predicted molar refractivity (Wildman–Crippen MR) is 159 cm³/mol. The topological polar surface area (TPSA) is 149 Å². The van der Waals surface area contributed by atoms with Crippen LogP contribution in [0, 0.1) is 19.8 Å². The van der Waals surface area contributed by atoms with Crippen LogP contribution in [0.5, 0.6) is 5.75 Å². The fourth-order valence-corrected chi connectivity index (χ4v) is 4.80. The number of alkyl halides is 3. The molecule has 1 aromatic heterocycles. The summed E-state index contributed by atoms with van der Waals surface area (Å²) in [6.45, 7) is 6.87. The van der Waals surface area contributed by atoms with Crippen LogP contribution in [0.2, 0.25) is 0 Å². The summed E-state index contributed by atoms with van der Waals surface area (Å²) < 4.78 is 50.3. The highest BCUT2D eigenvalue weighted by Crippen LogP contribution is 2.35. The van der Waals surface area contributed by atoms with Gasteiger partial charge in [-0.1, -0.05) is 18.1 Å². The summed E-state index contributed by atoms with van der Waals surface area (Å²) in [5, 5.41) is 21.6. The van der Waals surface area contributed by atoms with Crippen molar-refractivity contribution in [1.29, 1.82) is 0 Å². The van der Waals surface area contributed by atoms with Crippen molar-refractivity contribution in [2.75, 3.05) is 42.7 Å². The number of rotatable bonds is 7. The van der Waals surface area contributed by atoms with Crippen molar-refractivity contribution in [3.8, 4) is 5.75 Å². The third-order valence-electron chi connectivity index (χ3n) is 7.48. The van der Waals surface area contributed by atoms with E-state index in [2.05, 4.69) is 21.1 Å². The molecule has 45 heavy (non-hydrogen) atoms. The number of urea groups is 2. The van der Waals surface area contributed by atoms with E-state index >= 15 is 0 Å². The zero-order valence-corrected chi connectivity index (χ0v) is 25.4. The molecule has 1 aliphatic heterocycles. The number of anilines is 3. The maximum Gasteiger partial charge on any atom is 0.416 e. The minimum atomic E-state index is -4.52. The van der Waals surface area contributed by atoms with Gasteiger partial charge in [0.1, 0.15) is 17.5 Å². The van der Waals surface area contributed by atoms with Crippen molar-refractivity contribution >= 4 is 35.0 Å². The smallest absolute Gasteiger partial charge is 0.416 e. The maximum absolute atomic E-state index is 13.7. The van der Waals surface area contributed by atoms with Gasteiger partial charge in [-0.25, -0.2) is 9.59 Å². The second kappa shape index (κ2) is 13.5. The van der Waals surface area contributed by atoms with Crippen molar-refractivity contribution in [3.63, 3.8) is 0 Å². The number of carbonyl (C=O) groups is 3. The van der Waals surface area contributed by atoms with Crippen LogP contribution in [0.15, 0.2) is 47.0 Å². The number of aliphatic hydroxyl groups excluding tert-OH is 1. The van der Waals surface area contributed by atoms with Crippen molar-refractivity contribution in [2.24, 2.45) is 5.92 Å². The number of carbonyl (C=O) groups excluding carboxylic acids is 3. The Morgan fingerprint density at radius 3 is 2.42 bits per heavy atom. The van der Waals surface area contributed by atoms with E-state index < -0.39 is 41.9 Å². The Morgan fingerprint density at radius 1 is 1.13 bits per heavy atom. The first-order valence-electron chi connectivity index (χ1n) is 14.1. The van der Waals surface area contributed by atoms with Crippen LogP contribution >= 0.6 is 0 Å². The monoisotopic (exact) mass is 632 g/mol. The maximum atomic E-state index is 13.7. The molecular formula is C30H35F3N6O6. The number of nitrogens with zero attached hydrogens (tertiary/aromatic N) is 3. The highest BCUT2D eigenvalue weighted by Gasteiger charge is 2.35. The average molecular weight is 633 g/mol. The highest BCUT2D eigenvalue weighted by molar-refractivity contribution is 6.04. The number of halogens is 3. The average Bonchev–Trinajstić information content (AvgIpc) is 3.30. The molecule has 3 aromatic rings. The van der Waals surface area contributed by atoms with Gasteiger partial charge in [0.05, 0.1) is 36.0 Å². The number of aryl methyl sites for hydroxylation is 2. The molecular weight excluding hydrogens is 597 g/mol. The van der Waals surface area contributed by atoms with Gasteiger partial charge in [-0.3, -0.25) is 4.79 Å². The van der Waals surface area contributed by atoms with Crippen LogP contribution in [0.25, 0.3) is 0 Å². The molecule has 4 N–H and O–H groups in total. The van der Waals surface area contributed by atoms with E-state index in [1.54, 1.807) is 33.9 Å². The number of hydrogen-bond acceptors (Lipinski definition) is 7. The summed E-state index contributed by atoms with van der Waals surface area (Å²) in [5.41, 5.74) is 0.430. The summed E-state index contributed by atoms with van der Waals surface area (Å²) >= 11 is 0. The van der Waals surface area contributed by atoms with Gasteiger partial charge in [0.25, 0.3) is 5.91 Å². The number of benzene rings is 2. The van der Waals surface area contributed by atoms with E-state index in [4.69, 9.17) is 9.26 Å². The Balaban J connectivity index is 1.61. The second-order valence-electron chi connectivity index (χ2n) is 11.0. The molecule has 0 radical (unpaired) electrons. The fourth-order valence-electron chi connectivity index (χ4n) is 4.80. The minimum Gasteiger partial charge on any atom is -0.485 e. The Labute approximate surface area is 257 Å².